The van der Waals surface area contributed by atoms with Crippen LogP contribution < -0.4 is 0 Å². The molecule has 1 heteroatoms. The first-order valence-corrected chi connectivity index (χ1v) is 3.97. The molecule has 1 saturated heterocycles. The third kappa shape index (κ3) is 2.35. The lowest BCUT2D eigenvalue weighted by molar-refractivity contribution is 0.337. The van der Waals surface area contributed by atoms with Crippen LogP contribution in [0.4, 0.5) is 0 Å². The van der Waals surface area contributed by atoms with Crippen molar-refractivity contribution in [2.75, 3.05) is 19.6 Å². The minimum Gasteiger partial charge on any atom is -0.303 e. The van der Waals surface area contributed by atoms with E-state index in [4.69, 9.17) is 0 Å². The highest BCUT2D eigenvalue weighted by atomic mass is 15.1. The van der Waals surface area contributed by atoms with Crippen LogP contribution in [0.1, 0.15) is 26.2 Å². The van der Waals surface area contributed by atoms with Crippen molar-refractivity contribution in [1.82, 2.24) is 4.90 Å². The number of likely N-dealkylation sites (tertiary alicyclic amines) is 1. The summed E-state index contributed by atoms with van der Waals surface area (Å²) in [4.78, 5) is 2.52. The highest BCUT2D eigenvalue weighted by molar-refractivity contribution is 4.80. The molecule has 0 N–H and O–H groups in total. The third-order valence-electron chi connectivity index (χ3n) is 1.86. The molecule has 53 valence electrons. The van der Waals surface area contributed by atoms with Gasteiger partial charge in [0.15, 0.2) is 0 Å². The molecule has 0 aromatic heterocycles. The monoisotopic (exact) mass is 126 g/mol. The van der Waals surface area contributed by atoms with E-state index in [2.05, 4.69) is 18.2 Å². The van der Waals surface area contributed by atoms with E-state index in [0.29, 0.717) is 0 Å². The zero-order valence-electron chi connectivity index (χ0n) is 6.27. The molecule has 1 heterocycles. The molecular weight excluding hydrogens is 110 g/mol. The summed E-state index contributed by atoms with van der Waals surface area (Å²) in [5.41, 5.74) is 0. The summed E-state index contributed by atoms with van der Waals surface area (Å²) in [6.45, 7) is 6.10. The fraction of sp³-hybridized carbons (Fsp3) is 0.875. The maximum absolute atomic E-state index is 2.52. The van der Waals surface area contributed by atoms with Gasteiger partial charge in [0.05, 0.1) is 0 Å². The summed E-state index contributed by atoms with van der Waals surface area (Å²) < 4.78 is 0. The Bertz CT molecular complexity index is 65.0. The number of hydrogen-bond acceptors (Lipinski definition) is 1. The zero-order chi connectivity index (χ0) is 6.53. The van der Waals surface area contributed by atoms with Gasteiger partial charge in [-0.15, -0.1) is 0 Å². The van der Waals surface area contributed by atoms with Gasteiger partial charge in [-0.3, -0.25) is 0 Å². The van der Waals surface area contributed by atoms with E-state index in [0.717, 1.165) is 0 Å². The van der Waals surface area contributed by atoms with E-state index in [-0.39, 0.29) is 0 Å². The number of rotatable bonds is 3. The molecule has 0 saturated carbocycles. The zero-order valence-corrected chi connectivity index (χ0v) is 6.27. The maximum atomic E-state index is 2.52. The molecule has 1 nitrogen and oxygen atoms in total. The minimum absolute atomic E-state index is 1.24. The highest BCUT2D eigenvalue weighted by Crippen LogP contribution is 2.06. The molecule has 0 atom stereocenters. The Labute approximate surface area is 58.0 Å². The highest BCUT2D eigenvalue weighted by Gasteiger charge is 2.09. The first kappa shape index (κ1) is 7.07. The molecule has 9 heavy (non-hydrogen) atoms. The molecule has 1 aliphatic rings. The van der Waals surface area contributed by atoms with Gasteiger partial charge in [0, 0.05) is 6.54 Å². The summed E-state index contributed by atoms with van der Waals surface area (Å²) in [5, 5.41) is 0. The van der Waals surface area contributed by atoms with E-state index in [1.54, 1.807) is 0 Å². The van der Waals surface area contributed by atoms with Crippen LogP contribution in [-0.4, -0.2) is 24.5 Å². The first-order chi connectivity index (χ1) is 4.43. The van der Waals surface area contributed by atoms with Crippen molar-refractivity contribution in [3.63, 3.8) is 0 Å². The predicted molar refractivity (Wildman–Crippen MR) is 40.3 cm³/mol. The van der Waals surface area contributed by atoms with Gasteiger partial charge in [0.1, 0.15) is 0 Å². The Morgan fingerprint density at radius 1 is 1.56 bits per heavy atom. The first-order valence-electron chi connectivity index (χ1n) is 3.97. The van der Waals surface area contributed by atoms with Gasteiger partial charge >= 0.3 is 0 Å². The van der Waals surface area contributed by atoms with Crippen molar-refractivity contribution in [2.24, 2.45) is 0 Å². The van der Waals surface area contributed by atoms with Crippen LogP contribution in [0.15, 0.2) is 0 Å². The molecule has 0 aromatic carbocycles. The standard InChI is InChI=1S/C8H16N/c1-2-3-6-9-7-4-5-8-9/h4H,2-3,5-8H2,1H3. The normalized spacial score (nSPS) is 21.0. The fourth-order valence-electron chi connectivity index (χ4n) is 1.22. The van der Waals surface area contributed by atoms with E-state index in [1.165, 1.54) is 38.9 Å². The van der Waals surface area contributed by atoms with Gasteiger partial charge in [0.2, 0.25) is 0 Å². The summed E-state index contributed by atoms with van der Waals surface area (Å²) in [5.74, 6) is 0. The predicted octanol–water partition coefficient (Wildman–Crippen LogP) is 1.70. The molecule has 0 amide bonds. The number of hydrogen-bond donors (Lipinski definition) is 0. The van der Waals surface area contributed by atoms with Gasteiger partial charge in [-0.05, 0) is 32.4 Å². The molecule has 0 spiro atoms. The van der Waals surface area contributed by atoms with Crippen molar-refractivity contribution < 1.29 is 0 Å². The Hall–Kier alpha value is -0.0400. The van der Waals surface area contributed by atoms with Crippen molar-refractivity contribution in [3.05, 3.63) is 6.42 Å². The molecule has 0 bridgehead atoms. The average molecular weight is 126 g/mol. The molecule has 1 aliphatic heterocycles. The molecule has 0 aliphatic carbocycles. The summed E-state index contributed by atoms with van der Waals surface area (Å²) in [6.07, 6.45) is 6.38. The van der Waals surface area contributed by atoms with E-state index < -0.39 is 0 Å². The maximum Gasteiger partial charge on any atom is 0.00133 e. The third-order valence-corrected chi connectivity index (χ3v) is 1.86. The lowest BCUT2D eigenvalue weighted by atomic mass is 10.3. The van der Waals surface area contributed by atoms with Crippen LogP contribution in [0.5, 0.6) is 0 Å². The van der Waals surface area contributed by atoms with Crippen LogP contribution in [0.25, 0.3) is 0 Å². The van der Waals surface area contributed by atoms with Gasteiger partial charge in [0.25, 0.3) is 0 Å². The molecule has 1 radical (unpaired) electrons. The molecule has 1 rings (SSSR count). The van der Waals surface area contributed by atoms with Crippen molar-refractivity contribution in [1.29, 1.82) is 0 Å². The molecule has 0 unspecified atom stereocenters. The van der Waals surface area contributed by atoms with E-state index in [9.17, 15) is 0 Å². The molecule has 1 fully saturated rings. The largest absolute Gasteiger partial charge is 0.303 e. The van der Waals surface area contributed by atoms with Gasteiger partial charge < -0.3 is 4.90 Å². The van der Waals surface area contributed by atoms with E-state index in [1.807, 2.05) is 0 Å². The topological polar surface area (TPSA) is 3.24 Å². The van der Waals surface area contributed by atoms with Gasteiger partial charge in [-0.1, -0.05) is 13.3 Å². The van der Waals surface area contributed by atoms with E-state index >= 15 is 0 Å². The Balaban J connectivity index is 1.98. The lowest BCUT2D eigenvalue weighted by Gasteiger charge is -2.12. The molecular formula is C8H16N. The second-order valence-corrected chi connectivity index (χ2v) is 2.73. The van der Waals surface area contributed by atoms with Crippen LogP contribution in [0, 0.1) is 6.42 Å². The van der Waals surface area contributed by atoms with Crippen LogP contribution >= 0.6 is 0 Å². The number of unbranched alkanes of at least 4 members (excludes halogenated alkanes) is 1. The second-order valence-electron chi connectivity index (χ2n) is 2.73. The van der Waals surface area contributed by atoms with Crippen molar-refractivity contribution in [2.45, 2.75) is 26.2 Å². The van der Waals surface area contributed by atoms with Crippen molar-refractivity contribution in [3.8, 4) is 0 Å². The summed E-state index contributed by atoms with van der Waals surface area (Å²) >= 11 is 0. The SMILES string of the molecule is CCCCN1C[CH]CC1. The average Bonchev–Trinajstić information content (AvgIpc) is 2.34. The summed E-state index contributed by atoms with van der Waals surface area (Å²) in [7, 11) is 0. The fourth-order valence-corrected chi connectivity index (χ4v) is 1.22. The summed E-state index contributed by atoms with van der Waals surface area (Å²) in [6, 6.07) is 0. The van der Waals surface area contributed by atoms with Crippen molar-refractivity contribution >= 4 is 0 Å². The van der Waals surface area contributed by atoms with Crippen LogP contribution in [0.3, 0.4) is 0 Å². The van der Waals surface area contributed by atoms with Crippen LogP contribution in [-0.2, 0) is 0 Å². The van der Waals surface area contributed by atoms with Crippen LogP contribution in [0.2, 0.25) is 0 Å². The van der Waals surface area contributed by atoms with Gasteiger partial charge in [-0.25, -0.2) is 0 Å². The van der Waals surface area contributed by atoms with Gasteiger partial charge in [-0.2, -0.15) is 0 Å². The Morgan fingerprint density at radius 3 is 3.00 bits per heavy atom. The Morgan fingerprint density at radius 2 is 2.44 bits per heavy atom. The number of nitrogens with zero attached hydrogens (tertiary/aromatic N) is 1. The second kappa shape index (κ2) is 3.89. The minimum atomic E-state index is 1.24. The lowest BCUT2D eigenvalue weighted by Crippen LogP contribution is -2.19. The Kier molecular flexibility index (Phi) is 3.05. The smallest absolute Gasteiger partial charge is 0.00133 e. The molecule has 0 aromatic rings. The quantitative estimate of drug-likeness (QED) is 0.556.